The number of aromatic nitrogens is 3. The summed E-state index contributed by atoms with van der Waals surface area (Å²) in [6.07, 6.45) is 3.43. The van der Waals surface area contributed by atoms with Crippen molar-refractivity contribution >= 4 is 11.5 Å². The first-order chi connectivity index (χ1) is 15.7. The number of hydrogen-bond donors (Lipinski definition) is 0. The number of rotatable bonds is 5. The molecule has 0 saturated heterocycles. The lowest BCUT2D eigenvalue weighted by atomic mass is 9.95. The van der Waals surface area contributed by atoms with E-state index in [-0.39, 0.29) is 6.04 Å². The van der Waals surface area contributed by atoms with Crippen LogP contribution in [0.3, 0.4) is 0 Å². The van der Waals surface area contributed by atoms with Crippen LogP contribution in [0.2, 0.25) is 0 Å². The minimum Gasteiger partial charge on any atom is -0.497 e. The van der Waals surface area contributed by atoms with Crippen molar-refractivity contribution in [2.24, 2.45) is 4.99 Å². The third-order valence-electron chi connectivity index (χ3n) is 6.08. The summed E-state index contributed by atoms with van der Waals surface area (Å²) in [5.41, 5.74) is 7.70. The molecule has 0 N–H and O–H groups in total. The molecule has 32 heavy (non-hydrogen) atoms. The van der Waals surface area contributed by atoms with Crippen molar-refractivity contribution < 1.29 is 4.74 Å². The molecule has 0 amide bonds. The van der Waals surface area contributed by atoms with Crippen LogP contribution in [0.5, 0.6) is 5.75 Å². The van der Waals surface area contributed by atoms with Gasteiger partial charge in [-0.05, 0) is 54.3 Å². The summed E-state index contributed by atoms with van der Waals surface area (Å²) in [6.45, 7) is 4.28. The summed E-state index contributed by atoms with van der Waals surface area (Å²) in [7, 11) is 1.69. The van der Waals surface area contributed by atoms with Crippen LogP contribution in [0.4, 0.5) is 5.82 Å². The number of hydrogen-bond acceptors (Lipinski definition) is 4. The van der Waals surface area contributed by atoms with Gasteiger partial charge < -0.3 is 4.74 Å². The van der Waals surface area contributed by atoms with Crippen LogP contribution in [0.1, 0.15) is 41.9 Å². The molecule has 5 heteroatoms. The zero-order chi connectivity index (χ0) is 22.1. The van der Waals surface area contributed by atoms with Gasteiger partial charge >= 0.3 is 0 Å². The van der Waals surface area contributed by atoms with E-state index in [1.807, 2.05) is 30.5 Å². The quantitative estimate of drug-likeness (QED) is 0.400. The molecule has 0 radical (unpaired) electrons. The average Bonchev–Trinajstić information content (AvgIpc) is 3.23. The molecule has 4 aromatic rings. The van der Waals surface area contributed by atoms with Crippen molar-refractivity contribution in [3.63, 3.8) is 0 Å². The van der Waals surface area contributed by atoms with Crippen molar-refractivity contribution in [1.82, 2.24) is 14.8 Å². The Hall–Kier alpha value is -3.73. The lowest BCUT2D eigenvalue weighted by molar-refractivity contribution is 0.415. The van der Waals surface area contributed by atoms with E-state index in [0.29, 0.717) is 0 Å². The van der Waals surface area contributed by atoms with E-state index >= 15 is 0 Å². The summed E-state index contributed by atoms with van der Waals surface area (Å²) < 4.78 is 7.43. The fraction of sp³-hybridized carbons (Fsp3) is 0.222. The summed E-state index contributed by atoms with van der Waals surface area (Å²) in [5, 5.41) is 5.03. The van der Waals surface area contributed by atoms with Crippen molar-refractivity contribution in [3.05, 3.63) is 95.4 Å². The third kappa shape index (κ3) is 3.50. The molecular formula is C27H26N4O. The highest BCUT2D eigenvalue weighted by atomic mass is 16.5. The number of methoxy groups -OCH3 is 1. The summed E-state index contributed by atoms with van der Waals surface area (Å²) in [6, 6.07) is 22.7. The number of benzene rings is 2. The summed E-state index contributed by atoms with van der Waals surface area (Å²) >= 11 is 0. The van der Waals surface area contributed by atoms with Crippen LogP contribution >= 0.6 is 0 Å². The molecule has 0 fully saturated rings. The minimum absolute atomic E-state index is 0.00407. The van der Waals surface area contributed by atoms with E-state index in [0.717, 1.165) is 52.6 Å². The maximum Gasteiger partial charge on any atom is 0.159 e. The van der Waals surface area contributed by atoms with Crippen molar-refractivity contribution in [2.75, 3.05) is 7.11 Å². The molecule has 5 nitrogen and oxygen atoms in total. The van der Waals surface area contributed by atoms with Crippen molar-refractivity contribution in [2.45, 2.75) is 32.7 Å². The monoisotopic (exact) mass is 422 g/mol. The first-order valence-electron chi connectivity index (χ1n) is 11.0. The van der Waals surface area contributed by atoms with Crippen LogP contribution < -0.4 is 4.74 Å². The number of fused-ring (bicyclic) bond motifs is 1. The second-order valence-corrected chi connectivity index (χ2v) is 8.02. The standard InChI is InChI=1S/C27H26N4O/c1-4-22-26(19-12-14-20(32-3)15-13-19)27-29-24(21-10-6-5-9-18(21)2)17-25(31(27)30-22)23-11-7-8-16-28-23/h5-16,25H,4,17H2,1-3H3/t25-/m1/s1. The molecule has 5 rings (SSSR count). The third-order valence-corrected chi connectivity index (χ3v) is 6.08. The molecule has 0 saturated carbocycles. The number of ether oxygens (including phenoxy) is 1. The molecular weight excluding hydrogens is 396 g/mol. The van der Waals surface area contributed by atoms with E-state index < -0.39 is 0 Å². The molecule has 2 aromatic heterocycles. The molecule has 1 aliphatic rings. The van der Waals surface area contributed by atoms with Gasteiger partial charge in [0.1, 0.15) is 11.8 Å². The second-order valence-electron chi connectivity index (χ2n) is 8.02. The van der Waals surface area contributed by atoms with Crippen LogP contribution in [-0.2, 0) is 6.42 Å². The Labute approximate surface area is 188 Å². The number of aryl methyl sites for hydroxylation is 2. The largest absolute Gasteiger partial charge is 0.497 e. The SMILES string of the molecule is CCc1nn2c(c1-c1ccc(OC)cc1)N=C(c1ccccc1C)C[C@@H]2c1ccccn1. The highest BCUT2D eigenvalue weighted by Crippen LogP contribution is 2.42. The van der Waals surface area contributed by atoms with Crippen LogP contribution in [0, 0.1) is 6.92 Å². The van der Waals surface area contributed by atoms with Gasteiger partial charge in [-0.15, -0.1) is 0 Å². The molecule has 0 spiro atoms. The molecule has 3 heterocycles. The van der Waals surface area contributed by atoms with E-state index in [9.17, 15) is 0 Å². The molecule has 0 bridgehead atoms. The maximum absolute atomic E-state index is 5.36. The van der Waals surface area contributed by atoms with Gasteiger partial charge in [-0.1, -0.05) is 49.4 Å². The Morgan fingerprint density at radius 3 is 2.47 bits per heavy atom. The van der Waals surface area contributed by atoms with Gasteiger partial charge in [0, 0.05) is 18.2 Å². The zero-order valence-electron chi connectivity index (χ0n) is 18.6. The molecule has 160 valence electrons. The smallest absolute Gasteiger partial charge is 0.159 e. The van der Waals surface area contributed by atoms with Gasteiger partial charge in [-0.25, -0.2) is 9.67 Å². The van der Waals surface area contributed by atoms with Gasteiger partial charge in [-0.2, -0.15) is 5.10 Å². The van der Waals surface area contributed by atoms with Crippen molar-refractivity contribution in [3.8, 4) is 16.9 Å². The highest BCUT2D eigenvalue weighted by Gasteiger charge is 2.31. The fourth-order valence-corrected chi connectivity index (χ4v) is 4.41. The normalized spacial score (nSPS) is 15.2. The van der Waals surface area contributed by atoms with Gasteiger partial charge in [0.05, 0.1) is 24.2 Å². The van der Waals surface area contributed by atoms with E-state index in [2.05, 4.69) is 66.0 Å². The minimum atomic E-state index is -0.00407. The van der Waals surface area contributed by atoms with E-state index in [1.165, 1.54) is 11.1 Å². The fourth-order valence-electron chi connectivity index (χ4n) is 4.41. The summed E-state index contributed by atoms with van der Waals surface area (Å²) in [5.74, 6) is 1.73. The van der Waals surface area contributed by atoms with Crippen LogP contribution in [0.25, 0.3) is 11.1 Å². The highest BCUT2D eigenvalue weighted by molar-refractivity contribution is 6.05. The Kier molecular flexibility index (Phi) is 5.31. The first-order valence-corrected chi connectivity index (χ1v) is 11.0. The van der Waals surface area contributed by atoms with Crippen LogP contribution in [0.15, 0.2) is 77.9 Å². The first kappa shape index (κ1) is 20.2. The molecule has 1 atom stereocenters. The average molecular weight is 423 g/mol. The van der Waals surface area contributed by atoms with E-state index in [1.54, 1.807) is 7.11 Å². The van der Waals surface area contributed by atoms with Gasteiger partial charge in [-0.3, -0.25) is 4.98 Å². The lowest BCUT2D eigenvalue weighted by Gasteiger charge is -2.25. The molecule has 1 aliphatic heterocycles. The second kappa shape index (κ2) is 8.42. The Balaban J connectivity index is 1.74. The predicted octanol–water partition coefficient (Wildman–Crippen LogP) is 5.94. The Morgan fingerprint density at radius 2 is 1.78 bits per heavy atom. The van der Waals surface area contributed by atoms with Crippen LogP contribution in [-0.4, -0.2) is 27.6 Å². The van der Waals surface area contributed by atoms with Gasteiger partial charge in [0.2, 0.25) is 0 Å². The predicted molar refractivity (Wildman–Crippen MR) is 128 cm³/mol. The van der Waals surface area contributed by atoms with Crippen molar-refractivity contribution in [1.29, 1.82) is 0 Å². The Bertz CT molecular complexity index is 1270. The lowest BCUT2D eigenvalue weighted by Crippen LogP contribution is -2.22. The maximum atomic E-state index is 5.36. The number of pyridine rings is 1. The summed E-state index contributed by atoms with van der Waals surface area (Å²) in [4.78, 5) is 9.88. The van der Waals surface area contributed by atoms with Gasteiger partial charge in [0.15, 0.2) is 5.82 Å². The molecule has 0 aliphatic carbocycles. The Morgan fingerprint density at radius 1 is 1.00 bits per heavy atom. The molecule has 0 unspecified atom stereocenters. The van der Waals surface area contributed by atoms with E-state index in [4.69, 9.17) is 14.8 Å². The molecule has 2 aromatic carbocycles. The topological polar surface area (TPSA) is 52.3 Å². The van der Waals surface area contributed by atoms with Gasteiger partial charge in [0.25, 0.3) is 0 Å². The number of nitrogens with zero attached hydrogens (tertiary/aromatic N) is 4. The zero-order valence-corrected chi connectivity index (χ0v) is 18.6. The number of aliphatic imine (C=N–C) groups is 1.